The molecule has 19 heavy (non-hydrogen) atoms. The molecule has 1 aromatic rings. The molecule has 0 radical (unpaired) electrons. The molecule has 0 aliphatic rings. The Labute approximate surface area is 118 Å². The van der Waals surface area contributed by atoms with Crippen LogP contribution in [0.4, 0.5) is 0 Å². The van der Waals surface area contributed by atoms with Gasteiger partial charge in [-0.05, 0) is 19.8 Å². The number of nitrogens with one attached hydrogen (secondary N) is 2. The summed E-state index contributed by atoms with van der Waals surface area (Å²) in [5.41, 5.74) is 1.26. The first kappa shape index (κ1) is 16.2. The molecule has 1 atom stereocenters. The standard InChI is InChI=1S/C16H31N3/c1-4-6-8-10-16(11-9-7-5-2)19-14(3)15-12-17-18-13-15/h12-14,16,19H,4-11H2,1-3H3,(H,17,18). The molecule has 3 heteroatoms. The van der Waals surface area contributed by atoms with Crippen molar-refractivity contribution in [3.8, 4) is 0 Å². The van der Waals surface area contributed by atoms with Gasteiger partial charge in [0.25, 0.3) is 0 Å². The first-order chi connectivity index (χ1) is 9.27. The van der Waals surface area contributed by atoms with E-state index >= 15 is 0 Å². The van der Waals surface area contributed by atoms with E-state index in [1.165, 1.54) is 56.9 Å². The minimum absolute atomic E-state index is 0.395. The maximum absolute atomic E-state index is 4.04. The van der Waals surface area contributed by atoms with Gasteiger partial charge >= 0.3 is 0 Å². The third-order valence-electron chi connectivity index (χ3n) is 3.82. The summed E-state index contributed by atoms with van der Waals surface area (Å²) < 4.78 is 0. The summed E-state index contributed by atoms with van der Waals surface area (Å²) in [5, 5.41) is 10.7. The second-order valence-electron chi connectivity index (χ2n) is 5.61. The van der Waals surface area contributed by atoms with Gasteiger partial charge in [-0.1, -0.05) is 52.4 Å². The summed E-state index contributed by atoms with van der Waals surface area (Å²) in [6.45, 7) is 6.78. The van der Waals surface area contributed by atoms with Gasteiger partial charge in [0, 0.05) is 23.8 Å². The summed E-state index contributed by atoms with van der Waals surface area (Å²) in [7, 11) is 0. The molecule has 0 spiro atoms. The van der Waals surface area contributed by atoms with Gasteiger partial charge in [0.2, 0.25) is 0 Å². The van der Waals surface area contributed by atoms with Crippen molar-refractivity contribution in [3.63, 3.8) is 0 Å². The fourth-order valence-electron chi connectivity index (χ4n) is 2.54. The van der Waals surface area contributed by atoms with Crippen molar-refractivity contribution in [3.05, 3.63) is 18.0 Å². The Morgan fingerprint density at radius 3 is 2.21 bits per heavy atom. The average Bonchev–Trinajstić information content (AvgIpc) is 2.93. The monoisotopic (exact) mass is 265 g/mol. The molecular formula is C16H31N3. The minimum atomic E-state index is 0.395. The number of rotatable bonds is 11. The number of H-pyrrole nitrogens is 1. The number of aromatic nitrogens is 2. The van der Waals surface area contributed by atoms with Crippen LogP contribution in [0.3, 0.4) is 0 Å². The smallest absolute Gasteiger partial charge is 0.0534 e. The van der Waals surface area contributed by atoms with Crippen molar-refractivity contribution in [2.24, 2.45) is 0 Å². The van der Waals surface area contributed by atoms with Gasteiger partial charge < -0.3 is 5.32 Å². The Balaban J connectivity index is 2.37. The van der Waals surface area contributed by atoms with E-state index in [-0.39, 0.29) is 0 Å². The number of hydrogen-bond donors (Lipinski definition) is 2. The van der Waals surface area contributed by atoms with E-state index in [4.69, 9.17) is 0 Å². The van der Waals surface area contributed by atoms with Gasteiger partial charge in [0.1, 0.15) is 0 Å². The third-order valence-corrected chi connectivity index (χ3v) is 3.82. The first-order valence-corrected chi connectivity index (χ1v) is 8.02. The van der Waals surface area contributed by atoms with E-state index < -0.39 is 0 Å². The zero-order chi connectivity index (χ0) is 13.9. The van der Waals surface area contributed by atoms with Crippen LogP contribution in [0.15, 0.2) is 12.4 Å². The second kappa shape index (κ2) is 10.0. The summed E-state index contributed by atoms with van der Waals surface area (Å²) in [4.78, 5) is 0. The van der Waals surface area contributed by atoms with Crippen molar-refractivity contribution in [1.29, 1.82) is 0 Å². The lowest BCUT2D eigenvalue weighted by atomic mass is 10.0. The summed E-state index contributed by atoms with van der Waals surface area (Å²) in [6.07, 6.45) is 14.5. The van der Waals surface area contributed by atoms with Crippen LogP contribution in [0.2, 0.25) is 0 Å². The molecule has 0 amide bonds. The molecule has 0 saturated carbocycles. The molecule has 0 aromatic carbocycles. The highest BCUT2D eigenvalue weighted by atomic mass is 15.1. The third kappa shape index (κ3) is 6.76. The Hall–Kier alpha value is -0.830. The molecule has 1 rings (SSSR count). The molecule has 110 valence electrons. The largest absolute Gasteiger partial charge is 0.307 e. The number of unbranched alkanes of at least 4 members (excludes halogenated alkanes) is 4. The molecule has 0 saturated heterocycles. The number of aromatic amines is 1. The van der Waals surface area contributed by atoms with E-state index in [1.54, 1.807) is 0 Å². The molecular weight excluding hydrogens is 234 g/mol. The normalized spacial score (nSPS) is 13.1. The summed E-state index contributed by atoms with van der Waals surface area (Å²) >= 11 is 0. The van der Waals surface area contributed by atoms with Crippen molar-refractivity contribution in [2.75, 3.05) is 0 Å². The highest BCUT2D eigenvalue weighted by Gasteiger charge is 2.13. The predicted octanol–water partition coefficient (Wildman–Crippen LogP) is 4.59. The SMILES string of the molecule is CCCCCC(CCCCC)NC(C)c1cn[nH]c1. The highest BCUT2D eigenvalue weighted by molar-refractivity contribution is 5.08. The highest BCUT2D eigenvalue weighted by Crippen LogP contribution is 2.16. The van der Waals surface area contributed by atoms with Gasteiger partial charge in [-0.3, -0.25) is 5.10 Å². The molecule has 0 aliphatic heterocycles. The van der Waals surface area contributed by atoms with Crippen molar-refractivity contribution >= 4 is 0 Å². The Morgan fingerprint density at radius 1 is 1.11 bits per heavy atom. The van der Waals surface area contributed by atoms with Gasteiger partial charge in [0.05, 0.1) is 6.20 Å². The van der Waals surface area contributed by atoms with Crippen LogP contribution in [0, 0.1) is 0 Å². The van der Waals surface area contributed by atoms with Crippen LogP contribution < -0.4 is 5.32 Å². The lowest BCUT2D eigenvalue weighted by molar-refractivity contribution is 0.384. The lowest BCUT2D eigenvalue weighted by Crippen LogP contribution is -2.31. The molecule has 1 heterocycles. The van der Waals surface area contributed by atoms with Crippen LogP contribution in [-0.2, 0) is 0 Å². The predicted molar refractivity (Wildman–Crippen MR) is 82.2 cm³/mol. The molecule has 0 aliphatic carbocycles. The molecule has 1 unspecified atom stereocenters. The molecule has 2 N–H and O–H groups in total. The van der Waals surface area contributed by atoms with Crippen LogP contribution in [-0.4, -0.2) is 16.2 Å². The van der Waals surface area contributed by atoms with Crippen LogP contribution in [0.1, 0.15) is 83.7 Å². The second-order valence-corrected chi connectivity index (χ2v) is 5.61. The molecule has 1 aromatic heterocycles. The van der Waals surface area contributed by atoms with Gasteiger partial charge in [-0.25, -0.2) is 0 Å². The van der Waals surface area contributed by atoms with E-state index in [9.17, 15) is 0 Å². The number of hydrogen-bond acceptors (Lipinski definition) is 2. The van der Waals surface area contributed by atoms with Gasteiger partial charge in [-0.15, -0.1) is 0 Å². The van der Waals surface area contributed by atoms with Gasteiger partial charge in [-0.2, -0.15) is 5.10 Å². The molecule has 0 bridgehead atoms. The fourth-order valence-corrected chi connectivity index (χ4v) is 2.54. The van der Waals surface area contributed by atoms with Crippen LogP contribution in [0.25, 0.3) is 0 Å². The summed E-state index contributed by atoms with van der Waals surface area (Å²) in [5.74, 6) is 0. The van der Waals surface area contributed by atoms with E-state index in [2.05, 4.69) is 36.3 Å². The molecule has 0 fully saturated rings. The van der Waals surface area contributed by atoms with E-state index in [1.807, 2.05) is 12.4 Å². The molecule has 3 nitrogen and oxygen atoms in total. The van der Waals surface area contributed by atoms with Crippen LogP contribution >= 0.6 is 0 Å². The van der Waals surface area contributed by atoms with E-state index in [0.717, 1.165) is 0 Å². The maximum atomic E-state index is 4.04. The number of nitrogens with zero attached hydrogens (tertiary/aromatic N) is 1. The Bertz CT molecular complexity index is 285. The fraction of sp³-hybridized carbons (Fsp3) is 0.812. The Kier molecular flexibility index (Phi) is 8.55. The zero-order valence-corrected chi connectivity index (χ0v) is 12.9. The summed E-state index contributed by atoms with van der Waals surface area (Å²) in [6, 6.07) is 1.05. The van der Waals surface area contributed by atoms with Crippen molar-refractivity contribution < 1.29 is 0 Å². The van der Waals surface area contributed by atoms with Crippen molar-refractivity contribution in [2.45, 2.75) is 84.2 Å². The lowest BCUT2D eigenvalue weighted by Gasteiger charge is -2.23. The van der Waals surface area contributed by atoms with Gasteiger partial charge in [0.15, 0.2) is 0 Å². The van der Waals surface area contributed by atoms with Crippen molar-refractivity contribution in [1.82, 2.24) is 15.5 Å². The van der Waals surface area contributed by atoms with E-state index in [0.29, 0.717) is 12.1 Å². The first-order valence-electron chi connectivity index (χ1n) is 8.02. The quantitative estimate of drug-likeness (QED) is 0.575. The average molecular weight is 265 g/mol. The minimum Gasteiger partial charge on any atom is -0.307 e. The topological polar surface area (TPSA) is 40.7 Å². The maximum Gasteiger partial charge on any atom is 0.0534 e. The Morgan fingerprint density at radius 2 is 1.74 bits per heavy atom. The zero-order valence-electron chi connectivity index (χ0n) is 12.9. The van der Waals surface area contributed by atoms with Crippen LogP contribution in [0.5, 0.6) is 0 Å².